The molecule has 5 nitrogen and oxygen atoms in total. The molecule has 0 spiro atoms. The van der Waals surface area contributed by atoms with Crippen LogP contribution in [0.5, 0.6) is 0 Å². The Morgan fingerprint density at radius 1 is 0.938 bits per heavy atom. The molecule has 2 aromatic carbocycles. The molecule has 1 aliphatic rings. The maximum absolute atomic E-state index is 13.0. The van der Waals surface area contributed by atoms with Gasteiger partial charge in [-0.2, -0.15) is 0 Å². The van der Waals surface area contributed by atoms with E-state index in [4.69, 9.17) is 9.97 Å². The third-order valence-corrected chi connectivity index (χ3v) is 6.43. The van der Waals surface area contributed by atoms with E-state index in [0.717, 1.165) is 59.0 Å². The van der Waals surface area contributed by atoms with Crippen LogP contribution in [0.2, 0.25) is 0 Å². The number of aromatic nitrogens is 2. The molecule has 1 aliphatic heterocycles. The van der Waals surface area contributed by atoms with Gasteiger partial charge in [-0.05, 0) is 43.5 Å². The van der Waals surface area contributed by atoms with Crippen LogP contribution in [0.1, 0.15) is 47.8 Å². The quantitative estimate of drug-likeness (QED) is 0.469. The van der Waals surface area contributed by atoms with Crippen molar-refractivity contribution in [2.24, 2.45) is 0 Å². The summed E-state index contributed by atoms with van der Waals surface area (Å²) in [6.07, 6.45) is 0.906. The number of aryl methyl sites for hydroxylation is 1. The predicted molar refractivity (Wildman–Crippen MR) is 133 cm³/mol. The van der Waals surface area contributed by atoms with Crippen LogP contribution in [0.3, 0.4) is 0 Å². The number of carbonyl (C=O) groups excluding carboxylic acids is 1. The Kier molecular flexibility index (Phi) is 6.89. The zero-order valence-electron chi connectivity index (χ0n) is 18.9. The minimum Gasteiger partial charge on any atom is -0.354 e. The molecule has 0 radical (unpaired) electrons. The number of hydrogen-bond acceptors (Lipinski definition) is 4. The lowest BCUT2D eigenvalue weighted by molar-refractivity contribution is 0.0767. The highest BCUT2D eigenvalue weighted by molar-refractivity contribution is 9.10. The van der Waals surface area contributed by atoms with E-state index in [9.17, 15) is 4.79 Å². The van der Waals surface area contributed by atoms with Crippen LogP contribution in [-0.4, -0.2) is 47.0 Å². The van der Waals surface area contributed by atoms with E-state index in [1.165, 1.54) is 5.56 Å². The molecule has 1 saturated heterocycles. The van der Waals surface area contributed by atoms with Crippen LogP contribution in [0.25, 0.3) is 11.4 Å². The van der Waals surface area contributed by atoms with Gasteiger partial charge in [0.15, 0.2) is 5.82 Å². The Labute approximate surface area is 198 Å². The van der Waals surface area contributed by atoms with Gasteiger partial charge in [0.05, 0.1) is 0 Å². The maximum Gasteiger partial charge on any atom is 0.253 e. The number of nitrogens with zero attached hydrogens (tertiary/aromatic N) is 4. The lowest BCUT2D eigenvalue weighted by Crippen LogP contribution is -2.35. The Balaban J connectivity index is 1.61. The van der Waals surface area contributed by atoms with E-state index in [1.54, 1.807) is 0 Å². The van der Waals surface area contributed by atoms with Crippen molar-refractivity contribution in [2.75, 3.05) is 31.1 Å². The molecule has 166 valence electrons. The van der Waals surface area contributed by atoms with Gasteiger partial charge >= 0.3 is 0 Å². The molecule has 4 rings (SSSR count). The zero-order valence-corrected chi connectivity index (χ0v) is 20.5. The van der Waals surface area contributed by atoms with E-state index in [0.29, 0.717) is 12.5 Å². The SMILES string of the molecule is Cc1nc(-c2ccccc2)nc(N2CCCN(C(=O)c3ccc(Br)cc3)CC2)c1C(C)C. The Morgan fingerprint density at radius 2 is 1.66 bits per heavy atom. The zero-order chi connectivity index (χ0) is 22.7. The second-order valence-corrected chi connectivity index (χ2v) is 9.45. The molecule has 1 aromatic heterocycles. The van der Waals surface area contributed by atoms with Crippen LogP contribution in [0, 0.1) is 6.92 Å². The molecule has 3 aromatic rings. The molecule has 0 unspecified atom stereocenters. The number of amides is 1. The number of carbonyl (C=O) groups is 1. The van der Waals surface area contributed by atoms with Crippen molar-refractivity contribution < 1.29 is 4.79 Å². The fourth-order valence-corrected chi connectivity index (χ4v) is 4.57. The number of benzene rings is 2. The molecule has 6 heteroatoms. The van der Waals surface area contributed by atoms with Crippen LogP contribution >= 0.6 is 15.9 Å². The van der Waals surface area contributed by atoms with Crippen LogP contribution in [-0.2, 0) is 0 Å². The van der Waals surface area contributed by atoms with E-state index in [2.05, 4.69) is 53.7 Å². The average molecular weight is 493 g/mol. The Hall–Kier alpha value is -2.73. The van der Waals surface area contributed by atoms with Gasteiger partial charge in [-0.25, -0.2) is 9.97 Å². The first-order valence-electron chi connectivity index (χ1n) is 11.2. The molecule has 0 aliphatic carbocycles. The molecule has 0 N–H and O–H groups in total. The average Bonchev–Trinajstić information content (AvgIpc) is 3.05. The molecule has 0 atom stereocenters. The van der Waals surface area contributed by atoms with Crippen molar-refractivity contribution in [3.8, 4) is 11.4 Å². The van der Waals surface area contributed by atoms with Gasteiger partial charge in [-0.3, -0.25) is 4.79 Å². The Bertz CT molecular complexity index is 1080. The summed E-state index contributed by atoms with van der Waals surface area (Å²) in [4.78, 5) is 27.2. The summed E-state index contributed by atoms with van der Waals surface area (Å²) in [6.45, 7) is 9.51. The standard InChI is InChI=1S/C26H29BrN4O/c1-18(2)23-19(3)28-24(20-8-5-4-6-9-20)29-25(23)30-14-7-15-31(17-16-30)26(32)21-10-12-22(27)13-11-21/h4-6,8-13,18H,7,14-17H2,1-3H3. The minimum absolute atomic E-state index is 0.0901. The normalized spacial score (nSPS) is 14.5. The largest absolute Gasteiger partial charge is 0.354 e. The van der Waals surface area contributed by atoms with E-state index in [-0.39, 0.29) is 5.91 Å². The van der Waals surface area contributed by atoms with E-state index >= 15 is 0 Å². The Morgan fingerprint density at radius 3 is 2.34 bits per heavy atom. The summed E-state index contributed by atoms with van der Waals surface area (Å²) in [5, 5.41) is 0. The third-order valence-electron chi connectivity index (χ3n) is 5.90. The number of halogens is 1. The first-order chi connectivity index (χ1) is 15.4. The summed E-state index contributed by atoms with van der Waals surface area (Å²) in [5.74, 6) is 2.17. The predicted octanol–water partition coefficient (Wildman–Crippen LogP) is 5.69. The lowest BCUT2D eigenvalue weighted by atomic mass is 10.0. The maximum atomic E-state index is 13.0. The smallest absolute Gasteiger partial charge is 0.253 e. The molecular formula is C26H29BrN4O. The summed E-state index contributed by atoms with van der Waals surface area (Å²) in [5.41, 5.74) is 3.97. The van der Waals surface area contributed by atoms with E-state index < -0.39 is 0 Å². The second-order valence-electron chi connectivity index (χ2n) is 8.53. The van der Waals surface area contributed by atoms with Gasteiger partial charge in [-0.1, -0.05) is 60.1 Å². The lowest BCUT2D eigenvalue weighted by Gasteiger charge is -2.27. The molecule has 32 heavy (non-hydrogen) atoms. The highest BCUT2D eigenvalue weighted by Crippen LogP contribution is 2.31. The van der Waals surface area contributed by atoms with Crippen molar-refractivity contribution in [3.63, 3.8) is 0 Å². The summed E-state index contributed by atoms with van der Waals surface area (Å²) >= 11 is 3.44. The molecular weight excluding hydrogens is 464 g/mol. The highest BCUT2D eigenvalue weighted by atomic mass is 79.9. The van der Waals surface area contributed by atoms with Gasteiger partial charge in [0, 0.05) is 53.0 Å². The van der Waals surface area contributed by atoms with Crippen molar-refractivity contribution >= 4 is 27.7 Å². The first-order valence-corrected chi connectivity index (χ1v) is 12.0. The molecule has 1 fully saturated rings. The van der Waals surface area contributed by atoms with Gasteiger partial charge in [-0.15, -0.1) is 0 Å². The van der Waals surface area contributed by atoms with Crippen molar-refractivity contribution in [1.29, 1.82) is 0 Å². The molecule has 0 bridgehead atoms. The molecule has 0 saturated carbocycles. The van der Waals surface area contributed by atoms with Crippen molar-refractivity contribution in [3.05, 3.63) is 75.9 Å². The molecule has 2 heterocycles. The fourth-order valence-electron chi connectivity index (χ4n) is 4.31. The number of rotatable bonds is 4. The third kappa shape index (κ3) is 4.85. The van der Waals surface area contributed by atoms with Gasteiger partial charge < -0.3 is 9.80 Å². The summed E-state index contributed by atoms with van der Waals surface area (Å²) < 4.78 is 0.977. The summed E-state index contributed by atoms with van der Waals surface area (Å²) in [6, 6.07) is 17.7. The van der Waals surface area contributed by atoms with Crippen molar-refractivity contribution in [1.82, 2.24) is 14.9 Å². The van der Waals surface area contributed by atoms with Gasteiger partial charge in [0.25, 0.3) is 5.91 Å². The van der Waals surface area contributed by atoms with Crippen LogP contribution in [0.15, 0.2) is 59.1 Å². The monoisotopic (exact) mass is 492 g/mol. The topological polar surface area (TPSA) is 49.3 Å². The fraction of sp³-hybridized carbons (Fsp3) is 0.346. The molecule has 1 amide bonds. The van der Waals surface area contributed by atoms with Gasteiger partial charge in [0.2, 0.25) is 0 Å². The number of anilines is 1. The van der Waals surface area contributed by atoms with Crippen LogP contribution in [0.4, 0.5) is 5.82 Å². The highest BCUT2D eigenvalue weighted by Gasteiger charge is 2.25. The van der Waals surface area contributed by atoms with Crippen LogP contribution < -0.4 is 4.90 Å². The van der Waals surface area contributed by atoms with Crippen molar-refractivity contribution in [2.45, 2.75) is 33.1 Å². The summed E-state index contributed by atoms with van der Waals surface area (Å²) in [7, 11) is 0. The number of hydrogen-bond donors (Lipinski definition) is 0. The first kappa shape index (κ1) is 22.5. The minimum atomic E-state index is 0.0901. The second kappa shape index (κ2) is 9.82. The van der Waals surface area contributed by atoms with E-state index in [1.807, 2.05) is 47.4 Å². The van der Waals surface area contributed by atoms with Gasteiger partial charge in [0.1, 0.15) is 5.82 Å².